The predicted octanol–water partition coefficient (Wildman–Crippen LogP) is 1.99. The van der Waals surface area contributed by atoms with Crippen LogP contribution >= 0.6 is 0 Å². The van der Waals surface area contributed by atoms with Gasteiger partial charge in [-0.05, 0) is 12.8 Å². The number of ether oxygens (including phenoxy) is 2. The number of carbonyl (C=O) groups is 2. The van der Waals surface area contributed by atoms with Gasteiger partial charge in [-0.3, -0.25) is 9.59 Å². The van der Waals surface area contributed by atoms with E-state index in [0.29, 0.717) is 26.1 Å². The minimum absolute atomic E-state index is 0.187. The lowest BCUT2D eigenvalue weighted by atomic mass is 10.1. The number of carboxylic acid groups (broad SMARTS) is 1. The molecule has 17 heavy (non-hydrogen) atoms. The van der Waals surface area contributed by atoms with Gasteiger partial charge in [-0.1, -0.05) is 19.3 Å². The monoisotopic (exact) mass is 246 g/mol. The van der Waals surface area contributed by atoms with Crippen LogP contribution in [0.15, 0.2) is 0 Å². The third kappa shape index (κ3) is 12.8. The van der Waals surface area contributed by atoms with Crippen LogP contribution in [-0.2, 0) is 19.1 Å². The Morgan fingerprint density at radius 3 is 2.12 bits per heavy atom. The van der Waals surface area contributed by atoms with Crippen molar-refractivity contribution in [3.63, 3.8) is 0 Å². The fourth-order valence-electron chi connectivity index (χ4n) is 1.39. The number of carbonyl (C=O) groups excluding carboxylic acids is 1. The van der Waals surface area contributed by atoms with Crippen molar-refractivity contribution in [3.8, 4) is 0 Å². The van der Waals surface area contributed by atoms with Crippen molar-refractivity contribution in [2.45, 2.75) is 44.9 Å². The Morgan fingerprint density at radius 1 is 0.941 bits per heavy atom. The number of rotatable bonds is 11. The molecule has 0 saturated heterocycles. The summed E-state index contributed by atoms with van der Waals surface area (Å²) in [6.07, 6.45) is 5.01. The zero-order valence-electron chi connectivity index (χ0n) is 10.4. The second-order valence-electron chi connectivity index (χ2n) is 3.87. The minimum Gasteiger partial charge on any atom is -0.481 e. The molecule has 0 radical (unpaired) electrons. The summed E-state index contributed by atoms with van der Waals surface area (Å²) in [5.41, 5.74) is 0. The summed E-state index contributed by atoms with van der Waals surface area (Å²) in [7, 11) is 1.56. The van der Waals surface area contributed by atoms with Crippen molar-refractivity contribution in [3.05, 3.63) is 0 Å². The van der Waals surface area contributed by atoms with Crippen LogP contribution in [0.4, 0.5) is 0 Å². The first-order valence-corrected chi connectivity index (χ1v) is 6.03. The first-order chi connectivity index (χ1) is 8.16. The van der Waals surface area contributed by atoms with Gasteiger partial charge in [-0.15, -0.1) is 0 Å². The second kappa shape index (κ2) is 11.4. The largest absolute Gasteiger partial charge is 0.481 e. The predicted molar refractivity (Wildman–Crippen MR) is 62.8 cm³/mol. The van der Waals surface area contributed by atoms with Gasteiger partial charge >= 0.3 is 11.9 Å². The first-order valence-electron chi connectivity index (χ1n) is 6.03. The van der Waals surface area contributed by atoms with Crippen molar-refractivity contribution in [1.29, 1.82) is 0 Å². The summed E-state index contributed by atoms with van der Waals surface area (Å²) in [5, 5.41) is 8.42. The van der Waals surface area contributed by atoms with Crippen LogP contribution in [0.25, 0.3) is 0 Å². The van der Waals surface area contributed by atoms with Gasteiger partial charge in [0.25, 0.3) is 0 Å². The molecule has 0 aromatic heterocycles. The Balaban J connectivity index is 3.16. The van der Waals surface area contributed by atoms with E-state index >= 15 is 0 Å². The minimum atomic E-state index is -0.744. The van der Waals surface area contributed by atoms with Crippen LogP contribution in [0, 0.1) is 0 Å². The molecule has 0 bridgehead atoms. The number of esters is 1. The summed E-state index contributed by atoms with van der Waals surface area (Å²) in [4.78, 5) is 21.4. The van der Waals surface area contributed by atoms with Crippen molar-refractivity contribution in [1.82, 2.24) is 0 Å². The van der Waals surface area contributed by atoms with Gasteiger partial charge in [0, 0.05) is 20.0 Å². The van der Waals surface area contributed by atoms with Crippen LogP contribution in [-0.4, -0.2) is 37.4 Å². The molecule has 0 saturated carbocycles. The highest BCUT2D eigenvalue weighted by Gasteiger charge is 2.02. The van der Waals surface area contributed by atoms with Crippen molar-refractivity contribution < 1.29 is 24.2 Å². The molecule has 0 unspecified atom stereocenters. The highest BCUT2D eigenvalue weighted by Crippen LogP contribution is 2.07. The van der Waals surface area contributed by atoms with E-state index in [1.165, 1.54) is 0 Å². The molecule has 0 spiro atoms. The van der Waals surface area contributed by atoms with Gasteiger partial charge in [-0.2, -0.15) is 0 Å². The topological polar surface area (TPSA) is 72.8 Å². The Hall–Kier alpha value is -1.10. The van der Waals surface area contributed by atoms with Crippen LogP contribution in [0.1, 0.15) is 44.9 Å². The van der Waals surface area contributed by atoms with Gasteiger partial charge in [0.1, 0.15) is 6.61 Å². The third-order valence-corrected chi connectivity index (χ3v) is 2.32. The zero-order chi connectivity index (χ0) is 12.9. The summed E-state index contributed by atoms with van der Waals surface area (Å²) in [6, 6.07) is 0. The van der Waals surface area contributed by atoms with Gasteiger partial charge in [0.05, 0.1) is 6.61 Å². The molecule has 1 N–H and O–H groups in total. The van der Waals surface area contributed by atoms with Crippen molar-refractivity contribution >= 4 is 11.9 Å². The average Bonchev–Trinajstić information content (AvgIpc) is 2.28. The fraction of sp³-hybridized carbons (Fsp3) is 0.833. The van der Waals surface area contributed by atoms with E-state index in [1.54, 1.807) is 7.11 Å². The molecule has 0 rings (SSSR count). The van der Waals surface area contributed by atoms with Gasteiger partial charge in [0.2, 0.25) is 0 Å². The van der Waals surface area contributed by atoms with Gasteiger partial charge in [-0.25, -0.2) is 0 Å². The number of unbranched alkanes of at least 4 members (excludes halogenated alkanes) is 4. The smallest absolute Gasteiger partial charge is 0.305 e. The molecule has 0 amide bonds. The molecule has 0 aliphatic heterocycles. The first kappa shape index (κ1) is 15.9. The van der Waals surface area contributed by atoms with Crippen LogP contribution in [0.2, 0.25) is 0 Å². The SMILES string of the molecule is COCCOC(=O)CCCCCCCC(=O)O. The molecule has 100 valence electrons. The quantitative estimate of drug-likeness (QED) is 0.446. The normalized spacial score (nSPS) is 10.2. The zero-order valence-corrected chi connectivity index (χ0v) is 10.4. The summed E-state index contributed by atoms with van der Waals surface area (Å²) >= 11 is 0. The lowest BCUT2D eigenvalue weighted by Crippen LogP contribution is -2.09. The molecule has 5 heteroatoms. The molecule has 0 aliphatic carbocycles. The van der Waals surface area contributed by atoms with E-state index < -0.39 is 5.97 Å². The van der Waals surface area contributed by atoms with E-state index in [-0.39, 0.29) is 12.4 Å². The van der Waals surface area contributed by atoms with E-state index in [4.69, 9.17) is 14.6 Å². The fourth-order valence-corrected chi connectivity index (χ4v) is 1.39. The molecule has 0 fully saturated rings. The van der Waals surface area contributed by atoms with Crippen LogP contribution < -0.4 is 0 Å². The van der Waals surface area contributed by atoms with E-state index in [2.05, 4.69) is 0 Å². The number of aliphatic carboxylic acids is 1. The summed E-state index contributed by atoms with van der Waals surface area (Å²) in [5.74, 6) is -0.931. The maximum atomic E-state index is 11.1. The second-order valence-corrected chi connectivity index (χ2v) is 3.87. The summed E-state index contributed by atoms with van der Waals surface area (Å²) in [6.45, 7) is 0.745. The highest BCUT2D eigenvalue weighted by molar-refractivity contribution is 5.69. The molecule has 0 aromatic carbocycles. The Morgan fingerprint density at radius 2 is 1.53 bits per heavy atom. The van der Waals surface area contributed by atoms with Crippen LogP contribution in [0.5, 0.6) is 0 Å². The van der Waals surface area contributed by atoms with Crippen molar-refractivity contribution in [2.75, 3.05) is 20.3 Å². The van der Waals surface area contributed by atoms with Gasteiger partial charge < -0.3 is 14.6 Å². The highest BCUT2D eigenvalue weighted by atomic mass is 16.6. The number of carboxylic acids is 1. The Kier molecular flexibility index (Phi) is 10.7. The van der Waals surface area contributed by atoms with E-state index in [1.807, 2.05) is 0 Å². The van der Waals surface area contributed by atoms with E-state index in [0.717, 1.165) is 25.7 Å². The maximum Gasteiger partial charge on any atom is 0.305 e. The lowest BCUT2D eigenvalue weighted by Gasteiger charge is -2.03. The molecular weight excluding hydrogens is 224 g/mol. The maximum absolute atomic E-state index is 11.1. The van der Waals surface area contributed by atoms with Crippen LogP contribution in [0.3, 0.4) is 0 Å². The third-order valence-electron chi connectivity index (χ3n) is 2.32. The summed E-state index contributed by atoms with van der Waals surface area (Å²) < 4.78 is 9.66. The molecule has 0 aliphatic rings. The van der Waals surface area contributed by atoms with E-state index in [9.17, 15) is 9.59 Å². The number of methoxy groups -OCH3 is 1. The van der Waals surface area contributed by atoms with Crippen molar-refractivity contribution in [2.24, 2.45) is 0 Å². The molecule has 5 nitrogen and oxygen atoms in total. The molecule has 0 heterocycles. The number of hydrogen-bond donors (Lipinski definition) is 1. The standard InChI is InChI=1S/C12H22O5/c1-16-9-10-17-12(15)8-6-4-2-3-5-7-11(13)14/h2-10H2,1H3,(H,13,14). The Labute approximate surface area is 102 Å². The molecule has 0 aromatic rings. The Bertz CT molecular complexity index is 215. The lowest BCUT2D eigenvalue weighted by molar-refractivity contribution is -0.145. The molecular formula is C12H22O5. The number of hydrogen-bond acceptors (Lipinski definition) is 4. The molecule has 0 atom stereocenters. The average molecular weight is 246 g/mol. The van der Waals surface area contributed by atoms with Gasteiger partial charge in [0.15, 0.2) is 0 Å².